The Morgan fingerprint density at radius 1 is 0.445 bits per heavy atom. The number of nitrogens with zero attached hydrogens (tertiary/aromatic N) is 7. The van der Waals surface area contributed by atoms with Gasteiger partial charge in [0.25, 0.3) is 0 Å². The topological polar surface area (TPSA) is 577 Å². The first kappa shape index (κ1) is 113. The van der Waals surface area contributed by atoms with Crippen molar-refractivity contribution in [3.05, 3.63) is 118 Å². The van der Waals surface area contributed by atoms with Gasteiger partial charge in [-0.1, -0.05) is 35.5 Å². The molecule has 0 aliphatic carbocycles. The lowest BCUT2D eigenvalue weighted by molar-refractivity contribution is -0.193. The van der Waals surface area contributed by atoms with Crippen molar-refractivity contribution < 1.29 is 134 Å². The number of anilines is 2. The Morgan fingerprint density at radius 2 is 0.914 bits per heavy atom. The molecule has 3 aromatic heterocycles. The molecule has 11 N–H and O–H groups in total. The summed E-state index contributed by atoms with van der Waals surface area (Å²) in [4.78, 5) is 178. The first-order chi connectivity index (χ1) is 62.3. The summed E-state index contributed by atoms with van der Waals surface area (Å²) >= 11 is 2.23. The Bertz CT molecular complexity index is 3920. The molecule has 1 aliphatic rings. The Balaban J connectivity index is 0.00000436. The molecule has 128 heavy (non-hydrogen) atoms. The van der Waals surface area contributed by atoms with Crippen LogP contribution >= 0.6 is 22.6 Å². The minimum absolute atomic E-state index is 0.0296. The molecule has 0 saturated carbocycles. The summed E-state index contributed by atoms with van der Waals surface area (Å²) in [5.41, 5.74) is 5.14. The third kappa shape index (κ3) is 62.9. The number of rotatable bonds is 54. The molecule has 1 fully saturated rings. The second kappa shape index (κ2) is 78.1. The van der Waals surface area contributed by atoms with E-state index in [-0.39, 0.29) is 100 Å². The Kier molecular flexibility index (Phi) is 68.9. The van der Waals surface area contributed by atoms with Crippen LogP contribution in [0.25, 0.3) is 11.3 Å². The molecule has 9 amide bonds. The lowest BCUT2D eigenvalue weighted by Crippen LogP contribution is -2.47. The van der Waals surface area contributed by atoms with Crippen molar-refractivity contribution in [1.29, 1.82) is 0 Å². The number of amides is 9. The molecule has 2 aromatic carbocycles. The molecule has 5 aromatic rings. The number of carbonyl (C=O) groups excluding carboxylic acids is 14. The van der Waals surface area contributed by atoms with Gasteiger partial charge in [0.05, 0.1) is 163 Å². The highest BCUT2D eigenvalue weighted by atomic mass is 127. The molecular weight excluding hydrogens is 1800 g/mol. The van der Waals surface area contributed by atoms with Crippen LogP contribution in [0.2, 0.25) is 0 Å². The maximum Gasteiger partial charge on any atom is 0.373 e. The van der Waals surface area contributed by atoms with Crippen molar-refractivity contribution in [2.45, 2.75) is 115 Å². The Labute approximate surface area is 754 Å². The van der Waals surface area contributed by atoms with Gasteiger partial charge in [0.15, 0.2) is 0 Å². The van der Waals surface area contributed by atoms with E-state index in [9.17, 15) is 43.5 Å². The molecular formula is C83H119IN16O28. The van der Waals surface area contributed by atoms with Crippen molar-refractivity contribution in [1.82, 2.24) is 72.0 Å². The smallest absolute Gasteiger partial charge is 0.373 e. The monoisotopic (exact) mass is 1910 g/mol. The molecule has 0 spiro atoms. The van der Waals surface area contributed by atoms with Crippen LogP contribution < -0.4 is 47.9 Å². The van der Waals surface area contributed by atoms with E-state index in [4.69, 9.17) is 90.8 Å². The number of urea groups is 3. The number of carbonyl (C=O) groups is 8. The Hall–Kier alpha value is -11.2. The van der Waals surface area contributed by atoms with Gasteiger partial charge >= 0.3 is 54.6 Å². The zero-order chi connectivity index (χ0) is 93.3. The van der Waals surface area contributed by atoms with Gasteiger partial charge in [-0.05, 0) is 141 Å². The molecule has 0 radical (unpaired) electrons. The number of hydrogen-bond donors (Lipinski definition) is 11. The molecule has 6 rings (SSSR count). The van der Waals surface area contributed by atoms with E-state index in [0.29, 0.717) is 233 Å². The number of aromatic nitrogens is 5. The lowest BCUT2D eigenvalue weighted by atomic mass is 10.1. The van der Waals surface area contributed by atoms with Crippen LogP contribution in [0.15, 0.2) is 97.5 Å². The van der Waals surface area contributed by atoms with Gasteiger partial charge in [-0.25, -0.2) is 23.9 Å². The molecule has 45 heteroatoms. The van der Waals surface area contributed by atoms with Gasteiger partial charge in [-0.3, -0.25) is 38.9 Å². The molecule has 1 saturated heterocycles. The SMILES string of the molecule is O=C(O)CCCNC(=O)N[C@@H](CCCCNC(=O)Nc1cccc(-c2cn(CCOCCOCCOCCOCCOCCOCCC(=O)N[C@@H](CCCCNC(=O)Nc3ccnc(CN4CCOCCOCCN(Cc5ccccn5)CCOCCOCC4)c3)C(=O)NCCCCCNC(=O)Cc3ccc(I)cc3)nn2)c1)C(=O)O.O=C=O.O=C=O.O=C=O.O=C=O. The zero-order valence-corrected chi connectivity index (χ0v) is 73.9. The van der Waals surface area contributed by atoms with Crippen LogP contribution in [-0.2, 0) is 136 Å². The van der Waals surface area contributed by atoms with Gasteiger partial charge in [0, 0.05) is 118 Å². The highest BCUT2D eigenvalue weighted by Gasteiger charge is 2.23. The van der Waals surface area contributed by atoms with Crippen LogP contribution in [-0.4, -0.2) is 320 Å². The standard InChI is InChI=1S/C79H119IN16O20.4CO2/c80-64-20-18-62(19-21-64)56-73(98)83-25-5-1-6-26-84-75(101)69(15-3-8-27-86-78(105)89-66-22-30-82-68(58-66)60-95-33-39-110-45-43-108-37-31-94(59-67-13-2-7-24-81-67)32-38-109-44-46-111-40-34-95)90-72(97)23-36-107-42-48-113-50-52-115-54-55-116-53-51-114-49-47-112-41-35-96-61-71(92-93-96)63-12-10-14-65(57-63)88-77(104)85-28-9-4-16-70(76(102)103)91-79(106)87-29-11-17-74(99)100;4*2-1-3/h2,7,10,12-14,18-22,24,30,57-58,61,69-70H,1,3-6,8-9,11,15-17,23,25-29,31-56,59-60H2,(H,83,98)(H,84,101)(H,90,97)(H,99,100)(H,102,103)(H2,85,88,104)(H2,87,91,106)(H2,82,86,89,105);;;;/t69-,70-;;;;/m0..../s1. The number of halogens is 1. The number of pyridine rings is 2. The molecule has 0 unspecified atom stereocenters. The van der Waals surface area contributed by atoms with Gasteiger partial charge in [0.1, 0.15) is 17.8 Å². The first-order valence-corrected chi connectivity index (χ1v) is 42.6. The van der Waals surface area contributed by atoms with E-state index in [0.717, 1.165) is 52.0 Å². The first-order valence-electron chi connectivity index (χ1n) is 41.5. The van der Waals surface area contributed by atoms with Crippen molar-refractivity contribution in [3.8, 4) is 11.3 Å². The summed E-state index contributed by atoms with van der Waals surface area (Å²) in [7, 11) is 0. The van der Waals surface area contributed by atoms with Gasteiger partial charge < -0.3 is 105 Å². The second-order valence-electron chi connectivity index (χ2n) is 27.2. The third-order valence-electron chi connectivity index (χ3n) is 17.5. The summed E-state index contributed by atoms with van der Waals surface area (Å²) in [5.74, 6) is -2.88. The number of carboxylic acid groups (broad SMARTS) is 2. The van der Waals surface area contributed by atoms with Crippen LogP contribution in [0.4, 0.5) is 25.8 Å². The molecule has 2 atom stereocenters. The van der Waals surface area contributed by atoms with Crippen molar-refractivity contribution in [3.63, 3.8) is 0 Å². The fourth-order valence-electron chi connectivity index (χ4n) is 11.4. The number of unbranched alkanes of at least 4 members (excludes halogenated alkanes) is 4. The van der Waals surface area contributed by atoms with E-state index in [2.05, 4.69) is 101 Å². The summed E-state index contributed by atoms with van der Waals surface area (Å²) < 4.78 is 60.3. The lowest BCUT2D eigenvalue weighted by Gasteiger charge is -2.23. The van der Waals surface area contributed by atoms with Crippen molar-refractivity contribution >= 4 is 106 Å². The van der Waals surface area contributed by atoms with Gasteiger partial charge in [-0.15, -0.1) is 5.10 Å². The highest BCUT2D eigenvalue weighted by molar-refractivity contribution is 14.1. The Morgan fingerprint density at radius 3 is 1.44 bits per heavy atom. The fourth-order valence-corrected chi connectivity index (χ4v) is 11.7. The number of nitrogens with one attached hydrogen (secondary N) is 9. The number of ether oxygens (including phenoxy) is 10. The minimum Gasteiger partial charge on any atom is -0.481 e. The van der Waals surface area contributed by atoms with Crippen LogP contribution in [0, 0.1) is 3.57 Å². The van der Waals surface area contributed by atoms with Gasteiger partial charge in [-0.2, -0.15) is 38.4 Å². The molecule has 0 bridgehead atoms. The predicted molar refractivity (Wildman–Crippen MR) is 459 cm³/mol. The number of benzene rings is 2. The van der Waals surface area contributed by atoms with Crippen molar-refractivity contribution in [2.24, 2.45) is 0 Å². The summed E-state index contributed by atoms with van der Waals surface area (Å²) in [5, 5.41) is 51.6. The molecule has 44 nitrogen and oxygen atoms in total. The second-order valence-corrected chi connectivity index (χ2v) is 28.5. The number of carboxylic acids is 2. The fraction of sp³-hybridized carbons (Fsp3) is 0.566. The normalized spacial score (nSPS) is 13.0. The maximum atomic E-state index is 13.6. The minimum atomic E-state index is -1.20. The average molecular weight is 1920 g/mol. The largest absolute Gasteiger partial charge is 0.481 e. The summed E-state index contributed by atoms with van der Waals surface area (Å²) in [6, 6.07) is 20.9. The van der Waals surface area contributed by atoms with Crippen LogP contribution in [0.1, 0.15) is 94.0 Å². The van der Waals surface area contributed by atoms with Crippen LogP contribution in [0.5, 0.6) is 0 Å². The maximum absolute atomic E-state index is 13.6. The van der Waals surface area contributed by atoms with E-state index in [1.807, 2.05) is 54.6 Å². The van der Waals surface area contributed by atoms with E-state index < -0.39 is 36.1 Å². The van der Waals surface area contributed by atoms with E-state index >= 15 is 0 Å². The average Bonchev–Trinajstić information content (AvgIpc) is 1.69. The highest BCUT2D eigenvalue weighted by Crippen LogP contribution is 2.21. The molecule has 1 aliphatic heterocycles. The molecule has 4 heterocycles. The quantitative estimate of drug-likeness (QED) is 0.0197. The van der Waals surface area contributed by atoms with Gasteiger partial charge in [0.2, 0.25) is 17.7 Å². The third-order valence-corrected chi connectivity index (χ3v) is 18.3. The zero-order valence-electron chi connectivity index (χ0n) is 71.7. The predicted octanol–water partition coefficient (Wildman–Crippen LogP) is 2.91. The van der Waals surface area contributed by atoms with Crippen molar-refractivity contribution in [2.75, 3.05) is 202 Å². The number of aliphatic carboxylic acids is 2. The van der Waals surface area contributed by atoms with E-state index in [1.165, 1.54) is 0 Å². The summed E-state index contributed by atoms with van der Waals surface area (Å²) in [6.07, 6.45) is 11.3. The van der Waals surface area contributed by atoms with E-state index in [1.54, 1.807) is 47.5 Å². The van der Waals surface area contributed by atoms with Crippen LogP contribution in [0.3, 0.4) is 0 Å². The molecule has 706 valence electrons. The summed E-state index contributed by atoms with van der Waals surface area (Å²) in [6.45, 7) is 14.0. The number of hydrogen-bond acceptors (Lipinski definition) is 32.